The van der Waals surface area contributed by atoms with Crippen LogP contribution in [-0.2, 0) is 35.2 Å². The third kappa shape index (κ3) is 23.8. The van der Waals surface area contributed by atoms with E-state index in [0.717, 1.165) is 88.2 Å². The van der Waals surface area contributed by atoms with Gasteiger partial charge in [-0.15, -0.1) is 5.10 Å². The van der Waals surface area contributed by atoms with E-state index in [1.54, 1.807) is 0 Å². The molecule has 0 aliphatic rings. The number of ether oxygens (including phenoxy) is 2. The molecular formula is C38H69N5O11S. The molecule has 0 aliphatic heterocycles. The maximum absolute atomic E-state index is 13.5. The largest absolute Gasteiger partial charge is 0.462 e. The summed E-state index contributed by atoms with van der Waals surface area (Å²) in [4.78, 5) is 51.6. The van der Waals surface area contributed by atoms with Crippen LogP contribution in [0, 0.1) is 0 Å². The van der Waals surface area contributed by atoms with Crippen LogP contribution in [0.1, 0.15) is 136 Å². The van der Waals surface area contributed by atoms with Crippen molar-refractivity contribution in [2.24, 2.45) is 0 Å². The number of hydrogen-bond acceptors (Lipinski definition) is 14. The van der Waals surface area contributed by atoms with Gasteiger partial charge in [0.2, 0.25) is 11.8 Å². The fourth-order valence-electron chi connectivity index (χ4n) is 5.54. The Labute approximate surface area is 330 Å². The predicted molar refractivity (Wildman–Crippen MR) is 210 cm³/mol. The molecule has 1 aromatic heterocycles. The smallest absolute Gasteiger partial charge is 0.306 e. The molecule has 318 valence electrons. The number of aliphatic hydroxyl groups is 5. The topological polar surface area (TPSA) is 243 Å². The first kappa shape index (κ1) is 50.2. The number of nitrogens with one attached hydrogen (secondary N) is 2. The van der Waals surface area contributed by atoms with Gasteiger partial charge >= 0.3 is 11.9 Å². The first-order valence-corrected chi connectivity index (χ1v) is 21.4. The summed E-state index contributed by atoms with van der Waals surface area (Å²) in [5, 5.41) is 62.0. The molecule has 0 radical (unpaired) electrons. The monoisotopic (exact) mass is 803 g/mol. The van der Waals surface area contributed by atoms with Gasteiger partial charge in [-0.1, -0.05) is 103 Å². The van der Waals surface area contributed by atoms with Crippen molar-refractivity contribution < 1.29 is 54.2 Å². The number of hydrogen-bond donors (Lipinski definition) is 7. The molecule has 7 N–H and O–H groups in total. The van der Waals surface area contributed by atoms with Crippen molar-refractivity contribution in [3.05, 3.63) is 6.20 Å². The predicted octanol–water partition coefficient (Wildman–Crippen LogP) is 3.41. The maximum Gasteiger partial charge on any atom is 0.306 e. The molecule has 17 heteroatoms. The molecule has 0 unspecified atom stereocenters. The first-order chi connectivity index (χ1) is 26.4. The lowest BCUT2D eigenvalue weighted by atomic mass is 10.0. The van der Waals surface area contributed by atoms with Gasteiger partial charge in [0.05, 0.1) is 19.3 Å². The van der Waals surface area contributed by atoms with Gasteiger partial charge < -0.3 is 45.6 Å². The molecule has 1 aromatic rings. The second-order valence-corrected chi connectivity index (χ2v) is 15.1. The van der Waals surface area contributed by atoms with Gasteiger partial charge in [-0.2, -0.15) is 11.8 Å². The summed E-state index contributed by atoms with van der Waals surface area (Å²) in [5.41, 5.74) is 0. The highest BCUT2D eigenvalue weighted by Crippen LogP contribution is 2.15. The highest BCUT2D eigenvalue weighted by molar-refractivity contribution is 7.99. The standard InChI is InChI=1S/C38H69N5O11S/c1-4-7-10-13-16-19-33(47)39-29(38(52)40-32-23-43(42-41-32)22-30(45)36(50)37(51)31(46)24-44)27-55-26-28(54-35(49)21-18-15-12-9-6-3)25-53-34(48)20-17-14-11-8-5-2/h23,28-31,36-37,44-46,50-51H,4-22,24-27H2,1-3H3,(H,39,47)(H,40,52)/t28-,29-,30+,31-,36+,37-/m1/s1. The molecule has 0 saturated carbocycles. The van der Waals surface area contributed by atoms with Crippen LogP contribution in [0.2, 0.25) is 0 Å². The van der Waals surface area contributed by atoms with E-state index in [1.807, 2.05) is 0 Å². The van der Waals surface area contributed by atoms with Crippen molar-refractivity contribution in [1.29, 1.82) is 0 Å². The number of anilines is 1. The van der Waals surface area contributed by atoms with E-state index in [1.165, 1.54) is 18.0 Å². The van der Waals surface area contributed by atoms with Gasteiger partial charge in [-0.25, -0.2) is 4.68 Å². The van der Waals surface area contributed by atoms with Crippen LogP contribution >= 0.6 is 11.8 Å². The zero-order valence-corrected chi connectivity index (χ0v) is 34.1. The molecule has 6 atom stereocenters. The summed E-state index contributed by atoms with van der Waals surface area (Å²) in [6, 6.07) is -1.03. The molecule has 0 spiro atoms. The minimum atomic E-state index is -1.82. The Bertz CT molecular complexity index is 1190. The molecule has 0 aliphatic carbocycles. The van der Waals surface area contributed by atoms with E-state index in [0.29, 0.717) is 12.8 Å². The number of rotatable bonds is 34. The van der Waals surface area contributed by atoms with Crippen molar-refractivity contribution in [3.8, 4) is 0 Å². The lowest BCUT2D eigenvalue weighted by Crippen LogP contribution is -2.47. The number of amides is 2. The minimum absolute atomic E-state index is 0.0150. The van der Waals surface area contributed by atoms with Crippen molar-refractivity contribution >= 4 is 41.3 Å². The second-order valence-electron chi connectivity index (χ2n) is 14.1. The summed E-state index contributed by atoms with van der Waals surface area (Å²) < 4.78 is 12.3. The molecule has 2 amide bonds. The van der Waals surface area contributed by atoms with E-state index in [4.69, 9.17) is 14.6 Å². The highest BCUT2D eigenvalue weighted by Gasteiger charge is 2.31. The van der Waals surface area contributed by atoms with Crippen molar-refractivity contribution in [2.75, 3.05) is 30.0 Å². The number of carbonyl (C=O) groups excluding carboxylic acids is 4. The zero-order valence-electron chi connectivity index (χ0n) is 33.2. The van der Waals surface area contributed by atoms with Crippen LogP contribution in [0.4, 0.5) is 5.82 Å². The van der Waals surface area contributed by atoms with Crippen molar-refractivity contribution in [2.45, 2.75) is 179 Å². The molecule has 1 rings (SSSR count). The van der Waals surface area contributed by atoms with Crippen LogP contribution in [0.15, 0.2) is 6.20 Å². The molecule has 55 heavy (non-hydrogen) atoms. The quantitative estimate of drug-likeness (QED) is 0.0390. The van der Waals surface area contributed by atoms with E-state index in [-0.39, 0.29) is 67.6 Å². The van der Waals surface area contributed by atoms with Crippen LogP contribution in [0.3, 0.4) is 0 Å². The number of nitrogens with zero attached hydrogens (tertiary/aromatic N) is 3. The summed E-state index contributed by atoms with van der Waals surface area (Å²) in [6.45, 7) is 5.03. The van der Waals surface area contributed by atoms with Gasteiger partial charge in [-0.3, -0.25) is 19.2 Å². The van der Waals surface area contributed by atoms with E-state index >= 15 is 0 Å². The zero-order chi connectivity index (χ0) is 40.8. The minimum Gasteiger partial charge on any atom is -0.462 e. The van der Waals surface area contributed by atoms with Gasteiger partial charge in [0.1, 0.15) is 43.2 Å². The Balaban J connectivity index is 2.95. The van der Waals surface area contributed by atoms with E-state index in [9.17, 15) is 39.6 Å². The average Bonchev–Trinajstić information content (AvgIpc) is 3.61. The normalized spacial score (nSPS) is 14.7. The summed E-state index contributed by atoms with van der Waals surface area (Å²) in [6.07, 6.45) is 8.85. The fourth-order valence-corrected chi connectivity index (χ4v) is 6.58. The average molecular weight is 804 g/mol. The van der Waals surface area contributed by atoms with E-state index in [2.05, 4.69) is 41.7 Å². The molecule has 16 nitrogen and oxygen atoms in total. The van der Waals surface area contributed by atoms with Crippen molar-refractivity contribution in [3.63, 3.8) is 0 Å². The Morgan fingerprint density at radius 3 is 1.87 bits per heavy atom. The Hall–Kier alpha value is -2.83. The molecule has 0 bridgehead atoms. The maximum atomic E-state index is 13.5. The second kappa shape index (κ2) is 31.3. The van der Waals surface area contributed by atoms with Gasteiger partial charge in [0.25, 0.3) is 0 Å². The molecular weight excluding hydrogens is 735 g/mol. The Morgan fingerprint density at radius 2 is 1.29 bits per heavy atom. The third-order valence-electron chi connectivity index (χ3n) is 8.93. The van der Waals surface area contributed by atoms with Gasteiger partial charge in [0.15, 0.2) is 5.82 Å². The molecule has 0 saturated heterocycles. The fraction of sp³-hybridized carbons (Fsp3) is 0.842. The number of aromatic nitrogens is 3. The molecule has 0 aromatic carbocycles. The first-order valence-electron chi connectivity index (χ1n) is 20.2. The summed E-state index contributed by atoms with van der Waals surface area (Å²) >= 11 is 1.26. The molecule has 1 heterocycles. The summed E-state index contributed by atoms with van der Waals surface area (Å²) in [5.74, 6) is -1.37. The number of aliphatic hydroxyl groups excluding tert-OH is 5. The van der Waals surface area contributed by atoms with Gasteiger partial charge in [0, 0.05) is 30.8 Å². The third-order valence-corrected chi connectivity index (χ3v) is 10.1. The van der Waals surface area contributed by atoms with Crippen LogP contribution < -0.4 is 10.6 Å². The summed E-state index contributed by atoms with van der Waals surface area (Å²) in [7, 11) is 0. The lowest BCUT2D eigenvalue weighted by Gasteiger charge is -2.25. The Kier molecular flexibility index (Phi) is 28.5. The lowest BCUT2D eigenvalue weighted by molar-refractivity contribution is -0.157. The van der Waals surface area contributed by atoms with E-state index < -0.39 is 49.1 Å². The molecule has 0 fully saturated rings. The SMILES string of the molecule is CCCCCCCC(=O)N[C@H](CSC[C@@H](COC(=O)CCCCCCC)OC(=O)CCCCCCC)C(=O)Nc1cn(C[C@H](O)[C@H](O)[C@H](O)[C@H](O)CO)nn1. The van der Waals surface area contributed by atoms with Gasteiger partial charge in [-0.05, 0) is 19.3 Å². The highest BCUT2D eigenvalue weighted by atomic mass is 32.2. The Morgan fingerprint density at radius 1 is 0.745 bits per heavy atom. The van der Waals surface area contributed by atoms with Crippen LogP contribution in [-0.4, -0.2) is 126 Å². The van der Waals surface area contributed by atoms with Crippen LogP contribution in [0.25, 0.3) is 0 Å². The number of esters is 2. The number of thioether (sulfide) groups is 1. The number of unbranched alkanes of at least 4 members (excludes halogenated alkanes) is 12. The van der Waals surface area contributed by atoms with Crippen molar-refractivity contribution in [1.82, 2.24) is 20.3 Å². The number of carbonyl (C=O) groups is 4. The van der Waals surface area contributed by atoms with Crippen LogP contribution in [0.5, 0.6) is 0 Å².